The Morgan fingerprint density at radius 2 is 2.00 bits per heavy atom. The quantitative estimate of drug-likeness (QED) is 0.817. The van der Waals surface area contributed by atoms with Crippen molar-refractivity contribution < 1.29 is 5.11 Å². The molecule has 3 unspecified atom stereocenters. The molecule has 96 valence electrons. The van der Waals surface area contributed by atoms with E-state index in [1.54, 1.807) is 0 Å². The van der Waals surface area contributed by atoms with Gasteiger partial charge in [0.15, 0.2) is 0 Å². The van der Waals surface area contributed by atoms with E-state index in [0.717, 1.165) is 25.9 Å². The molecule has 0 amide bonds. The van der Waals surface area contributed by atoms with Gasteiger partial charge >= 0.3 is 0 Å². The summed E-state index contributed by atoms with van der Waals surface area (Å²) in [6, 6.07) is 3.00. The van der Waals surface area contributed by atoms with Crippen molar-refractivity contribution in [2.45, 2.75) is 51.0 Å². The van der Waals surface area contributed by atoms with Crippen molar-refractivity contribution in [2.24, 2.45) is 11.8 Å². The van der Waals surface area contributed by atoms with E-state index < -0.39 is 0 Å². The summed E-state index contributed by atoms with van der Waals surface area (Å²) in [5.74, 6) is 0.895. The molecule has 3 atom stereocenters. The number of nitrogens with zero attached hydrogens (tertiary/aromatic N) is 2. The normalized spacial score (nSPS) is 35.4. The Morgan fingerprint density at radius 1 is 1.18 bits per heavy atom. The molecular weight excluding hydrogens is 212 g/mol. The summed E-state index contributed by atoms with van der Waals surface area (Å²) >= 11 is 0. The van der Waals surface area contributed by atoms with Gasteiger partial charge in [-0.15, -0.1) is 0 Å². The van der Waals surface area contributed by atoms with Crippen LogP contribution in [0.2, 0.25) is 0 Å². The maximum atomic E-state index is 9.24. The Morgan fingerprint density at radius 3 is 2.76 bits per heavy atom. The van der Waals surface area contributed by atoms with Crippen molar-refractivity contribution in [3.63, 3.8) is 0 Å². The highest BCUT2D eigenvalue weighted by atomic mass is 16.3. The lowest BCUT2D eigenvalue weighted by Crippen LogP contribution is -2.47. The molecular formula is C14H24N2O. The van der Waals surface area contributed by atoms with Crippen molar-refractivity contribution in [1.82, 2.24) is 4.90 Å². The zero-order chi connectivity index (χ0) is 12.1. The summed E-state index contributed by atoms with van der Waals surface area (Å²) in [6.07, 6.45) is 8.21. The number of rotatable bonds is 3. The molecule has 3 heteroatoms. The molecule has 1 aliphatic heterocycles. The summed E-state index contributed by atoms with van der Waals surface area (Å²) in [6.45, 7) is 2.57. The molecule has 1 N–H and O–H groups in total. The number of hydrogen-bond acceptors (Lipinski definition) is 3. The molecule has 0 aromatic heterocycles. The predicted octanol–water partition coefficient (Wildman–Crippen LogP) is 2.16. The van der Waals surface area contributed by atoms with Gasteiger partial charge in [-0.2, -0.15) is 5.26 Å². The van der Waals surface area contributed by atoms with Crippen LogP contribution >= 0.6 is 0 Å². The van der Waals surface area contributed by atoms with Crippen LogP contribution in [0.3, 0.4) is 0 Å². The number of aliphatic hydroxyl groups is 1. The lowest BCUT2D eigenvalue weighted by Gasteiger charge is -2.41. The zero-order valence-corrected chi connectivity index (χ0v) is 10.6. The van der Waals surface area contributed by atoms with Gasteiger partial charge in [0.2, 0.25) is 0 Å². The smallest absolute Gasteiger partial charge is 0.0672 e. The molecule has 0 radical (unpaired) electrons. The third-order valence-corrected chi connectivity index (χ3v) is 4.45. The highest BCUT2D eigenvalue weighted by molar-refractivity contribution is 4.96. The summed E-state index contributed by atoms with van der Waals surface area (Å²) in [5, 5.41) is 18.3. The molecule has 1 aliphatic carbocycles. The molecule has 1 saturated heterocycles. The Labute approximate surface area is 104 Å². The molecule has 0 spiro atoms. The number of piperidine rings is 1. The minimum absolute atomic E-state index is 0.247. The molecule has 3 nitrogen and oxygen atoms in total. The van der Waals surface area contributed by atoms with Crippen LogP contribution in [0, 0.1) is 23.2 Å². The molecule has 1 saturated carbocycles. The van der Waals surface area contributed by atoms with Crippen molar-refractivity contribution >= 4 is 0 Å². The summed E-state index contributed by atoms with van der Waals surface area (Å²) in [7, 11) is 0. The van der Waals surface area contributed by atoms with Crippen LogP contribution in [0.5, 0.6) is 0 Å². The minimum Gasteiger partial charge on any atom is -0.396 e. The first-order valence-corrected chi connectivity index (χ1v) is 7.09. The molecule has 0 aromatic rings. The maximum absolute atomic E-state index is 9.24. The highest BCUT2D eigenvalue weighted by Crippen LogP contribution is 2.31. The van der Waals surface area contributed by atoms with E-state index in [0.29, 0.717) is 18.6 Å². The second-order valence-electron chi connectivity index (χ2n) is 5.60. The van der Waals surface area contributed by atoms with Crippen molar-refractivity contribution in [3.8, 4) is 6.07 Å². The van der Waals surface area contributed by atoms with Crippen LogP contribution in [0.25, 0.3) is 0 Å². The number of hydrogen-bond donors (Lipinski definition) is 1. The topological polar surface area (TPSA) is 47.3 Å². The van der Waals surface area contributed by atoms with Crippen LogP contribution in [0.15, 0.2) is 0 Å². The van der Waals surface area contributed by atoms with E-state index in [4.69, 9.17) is 5.11 Å². The SMILES string of the molecule is N#CC1CCCCC1N1CCCC(CCO)C1. The zero-order valence-electron chi connectivity index (χ0n) is 10.6. The highest BCUT2D eigenvalue weighted by Gasteiger charge is 2.32. The fourth-order valence-corrected chi connectivity index (χ4v) is 3.52. The lowest BCUT2D eigenvalue weighted by atomic mass is 9.82. The van der Waals surface area contributed by atoms with E-state index in [1.165, 1.54) is 32.1 Å². The molecule has 2 rings (SSSR count). The first-order chi connectivity index (χ1) is 8.35. The van der Waals surface area contributed by atoms with Crippen LogP contribution in [0.1, 0.15) is 44.9 Å². The molecule has 17 heavy (non-hydrogen) atoms. The number of likely N-dealkylation sites (tertiary alicyclic amines) is 1. The maximum Gasteiger partial charge on any atom is 0.0672 e. The molecule has 2 aliphatic rings. The Balaban J connectivity index is 1.93. The van der Waals surface area contributed by atoms with Crippen molar-refractivity contribution in [1.29, 1.82) is 5.26 Å². The van der Waals surface area contributed by atoms with Gasteiger partial charge in [-0.1, -0.05) is 12.8 Å². The van der Waals surface area contributed by atoms with Gasteiger partial charge in [0.25, 0.3) is 0 Å². The van der Waals surface area contributed by atoms with E-state index in [2.05, 4.69) is 11.0 Å². The first-order valence-electron chi connectivity index (χ1n) is 7.09. The van der Waals surface area contributed by atoms with Crippen LogP contribution in [-0.4, -0.2) is 35.7 Å². The Hall–Kier alpha value is -0.590. The molecule has 0 aromatic carbocycles. The van der Waals surface area contributed by atoms with Gasteiger partial charge in [0.05, 0.1) is 12.0 Å². The fraction of sp³-hybridized carbons (Fsp3) is 0.929. The van der Waals surface area contributed by atoms with Gasteiger partial charge in [-0.05, 0) is 44.6 Å². The van der Waals surface area contributed by atoms with Gasteiger partial charge in [-0.3, -0.25) is 4.90 Å². The van der Waals surface area contributed by atoms with Crippen molar-refractivity contribution in [2.75, 3.05) is 19.7 Å². The van der Waals surface area contributed by atoms with E-state index in [1.807, 2.05) is 0 Å². The number of aliphatic hydroxyl groups excluding tert-OH is 1. The van der Waals surface area contributed by atoms with Gasteiger partial charge < -0.3 is 5.11 Å². The predicted molar refractivity (Wildman–Crippen MR) is 67.4 cm³/mol. The Kier molecular flexibility index (Phi) is 4.82. The van der Waals surface area contributed by atoms with Gasteiger partial charge in [-0.25, -0.2) is 0 Å². The monoisotopic (exact) mass is 236 g/mol. The first kappa shape index (κ1) is 12.9. The minimum atomic E-state index is 0.247. The standard InChI is InChI=1S/C14H24N2O/c15-10-13-5-1-2-6-14(13)16-8-3-4-12(11-16)7-9-17/h12-14,17H,1-9,11H2. The van der Waals surface area contributed by atoms with Crippen LogP contribution in [-0.2, 0) is 0 Å². The van der Waals surface area contributed by atoms with E-state index >= 15 is 0 Å². The third-order valence-electron chi connectivity index (χ3n) is 4.45. The lowest BCUT2D eigenvalue weighted by molar-refractivity contribution is 0.0698. The number of nitriles is 1. The average Bonchev–Trinajstić information content (AvgIpc) is 2.39. The summed E-state index contributed by atoms with van der Waals surface area (Å²) in [5.41, 5.74) is 0. The van der Waals surface area contributed by atoms with E-state index in [9.17, 15) is 5.26 Å². The van der Waals surface area contributed by atoms with E-state index in [-0.39, 0.29) is 5.92 Å². The third kappa shape index (κ3) is 3.20. The van der Waals surface area contributed by atoms with Gasteiger partial charge in [0.1, 0.15) is 0 Å². The van der Waals surface area contributed by atoms with Crippen molar-refractivity contribution in [3.05, 3.63) is 0 Å². The summed E-state index contributed by atoms with van der Waals surface area (Å²) in [4.78, 5) is 2.54. The fourth-order valence-electron chi connectivity index (χ4n) is 3.52. The molecule has 2 fully saturated rings. The Bertz CT molecular complexity index is 272. The van der Waals surface area contributed by atoms with Crippen LogP contribution in [0.4, 0.5) is 0 Å². The molecule has 1 heterocycles. The van der Waals surface area contributed by atoms with Gasteiger partial charge in [0, 0.05) is 19.2 Å². The molecule has 0 bridgehead atoms. The average molecular weight is 236 g/mol. The second-order valence-corrected chi connectivity index (χ2v) is 5.60. The van der Waals surface area contributed by atoms with Crippen LogP contribution < -0.4 is 0 Å². The summed E-state index contributed by atoms with van der Waals surface area (Å²) < 4.78 is 0. The second kappa shape index (κ2) is 6.37. The largest absolute Gasteiger partial charge is 0.396 e.